The van der Waals surface area contributed by atoms with Gasteiger partial charge in [-0.15, -0.1) is 0 Å². The van der Waals surface area contributed by atoms with Gasteiger partial charge in [0.2, 0.25) is 5.28 Å². The number of nitrogens with two attached hydrogens (primary N) is 1. The molecule has 0 aliphatic heterocycles. The quantitative estimate of drug-likeness (QED) is 0.197. The molecule has 24 heavy (non-hydrogen) atoms. The summed E-state index contributed by atoms with van der Waals surface area (Å²) >= 11 is 0. The number of hydrogen-bond acceptors (Lipinski definition) is 3. The largest absolute Gasteiger partial charge is 0.479 e. The van der Waals surface area contributed by atoms with Gasteiger partial charge in [0.15, 0.2) is 0 Å². The van der Waals surface area contributed by atoms with Gasteiger partial charge in [0, 0.05) is 6.42 Å². The van der Waals surface area contributed by atoms with Crippen molar-refractivity contribution in [3.8, 4) is 0 Å². The Balaban J connectivity index is 3.73. The first-order chi connectivity index (χ1) is 11.3. The molecule has 0 aliphatic rings. The molecule has 0 amide bonds. The molecule has 0 spiro atoms. The summed E-state index contributed by atoms with van der Waals surface area (Å²) in [6, 6.07) is 0. The lowest BCUT2D eigenvalue weighted by atomic mass is 10.1. The fourth-order valence-electron chi connectivity index (χ4n) is 2.46. The summed E-state index contributed by atoms with van der Waals surface area (Å²) in [4.78, 5) is 29.1. The average Bonchev–Trinajstić information content (AvgIpc) is 2.50. The van der Waals surface area contributed by atoms with E-state index in [1.54, 1.807) is 6.08 Å². The Morgan fingerprint density at radius 2 is 1.42 bits per heavy atom. The highest BCUT2D eigenvalue weighted by Crippen LogP contribution is 2.49. The van der Waals surface area contributed by atoms with E-state index in [9.17, 15) is 9.36 Å². The molecule has 0 aromatic carbocycles. The second-order valence-corrected chi connectivity index (χ2v) is 8.31. The number of carboxylic acids is 1. The van der Waals surface area contributed by atoms with Gasteiger partial charge < -0.3 is 20.6 Å². The number of carbonyl (C=O) groups is 1. The molecule has 6 nitrogen and oxygen atoms in total. The van der Waals surface area contributed by atoms with Crippen molar-refractivity contribution in [2.75, 3.05) is 0 Å². The predicted molar refractivity (Wildman–Crippen MR) is 96.8 cm³/mol. The first-order valence-corrected chi connectivity index (χ1v) is 10.6. The minimum atomic E-state index is -4.90. The van der Waals surface area contributed by atoms with E-state index in [0.717, 1.165) is 19.3 Å². The number of carboxylic acid groups (broad SMARTS) is 1. The van der Waals surface area contributed by atoms with Crippen LogP contribution < -0.4 is 5.73 Å². The minimum absolute atomic E-state index is 0.371. The van der Waals surface area contributed by atoms with Crippen molar-refractivity contribution in [2.45, 2.75) is 89.3 Å². The van der Waals surface area contributed by atoms with E-state index >= 15 is 0 Å². The molecule has 0 fully saturated rings. The summed E-state index contributed by atoms with van der Waals surface area (Å²) in [5.41, 5.74) is 5.34. The van der Waals surface area contributed by atoms with Crippen LogP contribution in [0.1, 0.15) is 84.0 Å². The van der Waals surface area contributed by atoms with E-state index in [-0.39, 0.29) is 6.42 Å². The molecule has 0 heterocycles. The standard InChI is InChI=1S/C17H34NO5P/c1-2-3-4-5-6-7-8-9-10-11-12-13-14-15-17(18,16(19)20)24(21,22)23/h13-14H,2-12,15,18H2,1H3,(H,19,20)(H2,21,22,23)/b14-13+. The summed E-state index contributed by atoms with van der Waals surface area (Å²) in [5.74, 6) is -1.68. The van der Waals surface area contributed by atoms with E-state index in [1.807, 2.05) is 0 Å². The minimum Gasteiger partial charge on any atom is -0.479 e. The average molecular weight is 363 g/mol. The summed E-state index contributed by atoms with van der Waals surface area (Å²) in [5, 5.41) is 6.38. The van der Waals surface area contributed by atoms with Gasteiger partial charge in [-0.1, -0.05) is 76.9 Å². The Labute approximate surface area is 145 Å². The molecule has 0 aromatic rings. The van der Waals surface area contributed by atoms with Gasteiger partial charge in [0.1, 0.15) is 0 Å². The Kier molecular flexibility index (Phi) is 12.3. The molecular weight excluding hydrogens is 329 g/mol. The molecule has 5 N–H and O–H groups in total. The predicted octanol–water partition coefficient (Wildman–Crippen LogP) is 4.16. The number of aliphatic carboxylic acids is 1. The lowest BCUT2D eigenvalue weighted by Gasteiger charge is -2.23. The third-order valence-corrected chi connectivity index (χ3v) is 5.62. The van der Waals surface area contributed by atoms with Crippen LogP contribution >= 0.6 is 7.60 Å². The summed E-state index contributed by atoms with van der Waals surface area (Å²) < 4.78 is 11.2. The highest BCUT2D eigenvalue weighted by atomic mass is 31.2. The number of hydrogen-bond donors (Lipinski definition) is 4. The molecule has 1 atom stereocenters. The molecule has 0 aromatic heterocycles. The topological polar surface area (TPSA) is 121 Å². The van der Waals surface area contributed by atoms with Crippen molar-refractivity contribution < 1.29 is 24.3 Å². The second-order valence-electron chi connectivity index (χ2n) is 6.42. The molecule has 142 valence electrons. The third-order valence-electron chi connectivity index (χ3n) is 4.21. The smallest absolute Gasteiger partial charge is 0.357 e. The maximum Gasteiger partial charge on any atom is 0.357 e. The van der Waals surface area contributed by atoms with Gasteiger partial charge in [0.05, 0.1) is 0 Å². The van der Waals surface area contributed by atoms with E-state index in [4.69, 9.17) is 20.6 Å². The molecule has 0 saturated heterocycles. The Hall–Kier alpha value is -0.680. The van der Waals surface area contributed by atoms with E-state index < -0.39 is 18.8 Å². The first kappa shape index (κ1) is 23.3. The highest BCUT2D eigenvalue weighted by molar-refractivity contribution is 7.54. The van der Waals surface area contributed by atoms with Crippen molar-refractivity contribution in [3.05, 3.63) is 12.2 Å². The molecule has 0 bridgehead atoms. The van der Waals surface area contributed by atoms with Gasteiger partial charge >= 0.3 is 13.6 Å². The van der Waals surface area contributed by atoms with Crippen LogP contribution in [0.15, 0.2) is 12.2 Å². The fourth-order valence-corrected chi connectivity index (χ4v) is 3.05. The van der Waals surface area contributed by atoms with Crippen LogP contribution in [0.2, 0.25) is 0 Å². The molecule has 0 rings (SSSR count). The van der Waals surface area contributed by atoms with Gasteiger partial charge in [-0.25, -0.2) is 4.79 Å². The van der Waals surface area contributed by atoms with Crippen LogP contribution in [0.4, 0.5) is 0 Å². The zero-order chi connectivity index (χ0) is 18.5. The normalized spacial score (nSPS) is 14.8. The SMILES string of the molecule is CCCCCCCCCCCC/C=C/CC(N)(C(=O)O)P(=O)(O)O. The zero-order valence-electron chi connectivity index (χ0n) is 14.8. The maximum atomic E-state index is 11.2. The maximum absolute atomic E-state index is 11.2. The van der Waals surface area contributed by atoms with Gasteiger partial charge in [0.25, 0.3) is 0 Å². The molecule has 0 saturated carbocycles. The molecule has 0 aliphatic carbocycles. The van der Waals surface area contributed by atoms with Crippen molar-refractivity contribution in [3.63, 3.8) is 0 Å². The first-order valence-electron chi connectivity index (χ1n) is 8.98. The Bertz CT molecular complexity index is 421. The summed E-state index contributed by atoms with van der Waals surface area (Å²) in [7, 11) is -4.90. The van der Waals surface area contributed by atoms with Crippen molar-refractivity contribution >= 4 is 13.6 Å². The van der Waals surface area contributed by atoms with Crippen molar-refractivity contribution in [2.24, 2.45) is 5.73 Å². The van der Waals surface area contributed by atoms with Crippen molar-refractivity contribution in [1.29, 1.82) is 0 Å². The Morgan fingerprint density at radius 1 is 0.958 bits per heavy atom. The lowest BCUT2D eigenvalue weighted by Crippen LogP contribution is -2.47. The van der Waals surface area contributed by atoms with Gasteiger partial charge in [-0.05, 0) is 12.8 Å². The Morgan fingerprint density at radius 3 is 1.83 bits per heavy atom. The van der Waals surface area contributed by atoms with E-state index in [2.05, 4.69) is 6.92 Å². The summed E-state index contributed by atoms with van der Waals surface area (Å²) in [6.45, 7) is 2.22. The second kappa shape index (κ2) is 12.6. The highest BCUT2D eigenvalue weighted by Gasteiger charge is 2.49. The van der Waals surface area contributed by atoms with Gasteiger partial charge in [-0.2, -0.15) is 0 Å². The molecule has 0 radical (unpaired) electrons. The number of allylic oxidation sites excluding steroid dienone is 1. The van der Waals surface area contributed by atoms with Crippen molar-refractivity contribution in [1.82, 2.24) is 0 Å². The molecule has 1 unspecified atom stereocenters. The van der Waals surface area contributed by atoms with Crippen LogP contribution in [0.5, 0.6) is 0 Å². The third kappa shape index (κ3) is 9.58. The lowest BCUT2D eigenvalue weighted by molar-refractivity contribution is -0.140. The molecule has 7 heteroatoms. The van der Waals surface area contributed by atoms with Crippen LogP contribution in [-0.2, 0) is 9.36 Å². The number of unbranched alkanes of at least 4 members (excludes halogenated alkanes) is 10. The molecular formula is C17H34NO5P. The fraction of sp³-hybridized carbons (Fsp3) is 0.824. The number of rotatable bonds is 15. The monoisotopic (exact) mass is 363 g/mol. The van der Waals surface area contributed by atoms with E-state index in [0.29, 0.717) is 0 Å². The van der Waals surface area contributed by atoms with Crippen LogP contribution in [0.3, 0.4) is 0 Å². The zero-order valence-corrected chi connectivity index (χ0v) is 15.7. The van der Waals surface area contributed by atoms with Crippen LogP contribution in [-0.4, -0.2) is 26.1 Å². The van der Waals surface area contributed by atoms with Crippen LogP contribution in [0, 0.1) is 0 Å². The van der Waals surface area contributed by atoms with Gasteiger partial charge in [-0.3, -0.25) is 4.57 Å². The van der Waals surface area contributed by atoms with Crippen LogP contribution in [0.25, 0.3) is 0 Å². The summed E-state index contributed by atoms with van der Waals surface area (Å²) in [6.07, 6.45) is 16.1. The van der Waals surface area contributed by atoms with E-state index in [1.165, 1.54) is 57.4 Å².